The second-order valence-electron chi connectivity index (χ2n) is 6.35. The molecule has 0 radical (unpaired) electrons. The van der Waals surface area contributed by atoms with Gasteiger partial charge in [0.2, 0.25) is 15.9 Å². The molecule has 0 saturated heterocycles. The third-order valence-electron chi connectivity index (χ3n) is 4.22. The molecule has 0 heterocycles. The van der Waals surface area contributed by atoms with E-state index in [1.807, 2.05) is 24.3 Å². The molecule has 2 aromatic rings. The van der Waals surface area contributed by atoms with E-state index in [1.165, 1.54) is 5.56 Å². The number of rotatable bonds is 9. The number of halogens is 1. The monoisotopic (exact) mass is 424 g/mol. The summed E-state index contributed by atoms with van der Waals surface area (Å²) in [6.07, 6.45) is 2.02. The van der Waals surface area contributed by atoms with E-state index in [0.29, 0.717) is 16.3 Å². The highest BCUT2D eigenvalue weighted by molar-refractivity contribution is 7.92. The van der Waals surface area contributed by atoms with Crippen LogP contribution in [-0.4, -0.2) is 40.3 Å². The van der Waals surface area contributed by atoms with Crippen LogP contribution >= 0.6 is 11.6 Å². The molecule has 152 valence electrons. The molecule has 8 heteroatoms. The third kappa shape index (κ3) is 6.14. The number of carbonyl (C=O) groups is 1. The molecule has 0 fully saturated rings. The van der Waals surface area contributed by atoms with Gasteiger partial charge < -0.3 is 10.1 Å². The van der Waals surface area contributed by atoms with Crippen molar-refractivity contribution in [2.24, 2.45) is 0 Å². The maximum Gasteiger partial charge on any atom is 0.240 e. The molecule has 0 unspecified atom stereocenters. The van der Waals surface area contributed by atoms with Crippen molar-refractivity contribution in [3.8, 4) is 5.75 Å². The van der Waals surface area contributed by atoms with Crippen molar-refractivity contribution in [1.29, 1.82) is 0 Å². The number of sulfonamides is 1. The lowest BCUT2D eigenvalue weighted by molar-refractivity contribution is -0.119. The van der Waals surface area contributed by atoms with Gasteiger partial charge in [0.15, 0.2) is 0 Å². The molecule has 0 saturated carbocycles. The number of nitrogens with zero attached hydrogens (tertiary/aromatic N) is 1. The first kappa shape index (κ1) is 22.0. The third-order valence-corrected chi connectivity index (χ3v) is 5.76. The predicted octanol–water partition coefficient (Wildman–Crippen LogP) is 3.17. The lowest BCUT2D eigenvalue weighted by Gasteiger charge is -2.24. The van der Waals surface area contributed by atoms with Crippen molar-refractivity contribution in [2.45, 2.75) is 20.3 Å². The molecule has 2 aromatic carbocycles. The predicted molar refractivity (Wildman–Crippen MR) is 113 cm³/mol. The minimum atomic E-state index is -3.65. The average molecular weight is 425 g/mol. The molecule has 0 aliphatic rings. The summed E-state index contributed by atoms with van der Waals surface area (Å²) >= 11 is 6.09. The van der Waals surface area contributed by atoms with Gasteiger partial charge >= 0.3 is 0 Å². The van der Waals surface area contributed by atoms with Gasteiger partial charge in [-0.2, -0.15) is 0 Å². The molecule has 0 aromatic heterocycles. The Labute approximate surface area is 171 Å². The Bertz CT molecular complexity index is 914. The topological polar surface area (TPSA) is 75.7 Å². The van der Waals surface area contributed by atoms with E-state index >= 15 is 0 Å². The van der Waals surface area contributed by atoms with Crippen molar-refractivity contribution in [3.05, 3.63) is 58.6 Å². The average Bonchev–Trinajstić information content (AvgIpc) is 2.65. The first-order valence-corrected chi connectivity index (χ1v) is 11.2. The lowest BCUT2D eigenvalue weighted by atomic mass is 10.2. The standard InChI is InChI=1S/C20H25ClN2O4S/c1-4-16-8-10-17(11-9-16)27-13-12-22-20(24)14-23(28(3,25)26)19-7-5-6-18(21)15(19)2/h5-11H,4,12-14H2,1-3H3,(H,22,24). The maximum atomic E-state index is 12.3. The Morgan fingerprint density at radius 2 is 1.86 bits per heavy atom. The number of nitrogens with one attached hydrogen (secondary N) is 1. The minimum absolute atomic E-state index is 0.264. The Hall–Kier alpha value is -2.25. The summed E-state index contributed by atoms with van der Waals surface area (Å²) in [6, 6.07) is 12.7. The van der Waals surface area contributed by atoms with Crippen LogP contribution in [0.2, 0.25) is 5.02 Å². The summed E-state index contributed by atoms with van der Waals surface area (Å²) in [5.74, 6) is 0.300. The van der Waals surface area contributed by atoms with Crippen molar-refractivity contribution in [3.63, 3.8) is 0 Å². The van der Waals surface area contributed by atoms with Crippen molar-refractivity contribution in [2.75, 3.05) is 30.3 Å². The first-order chi connectivity index (χ1) is 13.2. The molecule has 0 spiro atoms. The van der Waals surface area contributed by atoms with Crippen LogP contribution in [0.25, 0.3) is 0 Å². The smallest absolute Gasteiger partial charge is 0.240 e. The second kappa shape index (κ2) is 9.80. The van der Waals surface area contributed by atoms with Crippen LogP contribution < -0.4 is 14.4 Å². The molecular weight excluding hydrogens is 400 g/mol. The van der Waals surface area contributed by atoms with E-state index in [-0.39, 0.29) is 19.7 Å². The second-order valence-corrected chi connectivity index (χ2v) is 8.66. The quantitative estimate of drug-likeness (QED) is 0.627. The summed E-state index contributed by atoms with van der Waals surface area (Å²) in [7, 11) is -3.65. The summed E-state index contributed by atoms with van der Waals surface area (Å²) in [5, 5.41) is 3.12. The van der Waals surface area contributed by atoms with E-state index in [9.17, 15) is 13.2 Å². The van der Waals surface area contributed by atoms with Crippen LogP contribution in [0.3, 0.4) is 0 Å². The van der Waals surface area contributed by atoms with Gasteiger partial charge in [0.05, 0.1) is 18.5 Å². The minimum Gasteiger partial charge on any atom is -0.492 e. The van der Waals surface area contributed by atoms with Gasteiger partial charge in [-0.1, -0.05) is 36.7 Å². The van der Waals surface area contributed by atoms with Gasteiger partial charge in [0.1, 0.15) is 18.9 Å². The number of ether oxygens (including phenoxy) is 1. The summed E-state index contributed by atoms with van der Waals surface area (Å²) < 4.78 is 31.0. The SMILES string of the molecule is CCc1ccc(OCCNC(=O)CN(c2cccc(Cl)c2C)S(C)(=O)=O)cc1. The number of hydrogen-bond acceptors (Lipinski definition) is 4. The van der Waals surface area contributed by atoms with E-state index < -0.39 is 15.9 Å². The van der Waals surface area contributed by atoms with E-state index in [2.05, 4.69) is 12.2 Å². The lowest BCUT2D eigenvalue weighted by Crippen LogP contribution is -2.41. The number of benzene rings is 2. The Balaban J connectivity index is 1.92. The molecule has 0 aliphatic carbocycles. The molecule has 1 amide bonds. The van der Waals surface area contributed by atoms with Crippen molar-refractivity contribution in [1.82, 2.24) is 5.32 Å². The summed E-state index contributed by atoms with van der Waals surface area (Å²) in [4.78, 5) is 12.3. The molecule has 1 N–H and O–H groups in total. The molecule has 2 rings (SSSR count). The molecular formula is C20H25ClN2O4S. The highest BCUT2D eigenvalue weighted by Crippen LogP contribution is 2.27. The normalized spacial score (nSPS) is 11.1. The van der Waals surface area contributed by atoms with E-state index in [1.54, 1.807) is 25.1 Å². The van der Waals surface area contributed by atoms with Crippen LogP contribution in [0.15, 0.2) is 42.5 Å². The fourth-order valence-corrected chi connectivity index (χ4v) is 3.69. The Kier molecular flexibility index (Phi) is 7.71. The zero-order valence-electron chi connectivity index (χ0n) is 16.2. The molecule has 0 aliphatic heterocycles. The fourth-order valence-electron chi connectivity index (χ4n) is 2.61. The van der Waals surface area contributed by atoms with Gasteiger partial charge in [-0.3, -0.25) is 9.10 Å². The number of hydrogen-bond donors (Lipinski definition) is 1. The van der Waals surface area contributed by atoms with Crippen molar-refractivity contribution < 1.29 is 17.9 Å². The summed E-state index contributed by atoms with van der Waals surface area (Å²) in [6.45, 7) is 4.01. The van der Waals surface area contributed by atoms with Crippen LogP contribution in [0, 0.1) is 6.92 Å². The zero-order chi connectivity index (χ0) is 20.7. The van der Waals surface area contributed by atoms with Gasteiger partial charge in [-0.15, -0.1) is 0 Å². The van der Waals surface area contributed by atoms with Crippen molar-refractivity contribution >= 4 is 33.2 Å². The number of aryl methyl sites for hydroxylation is 1. The largest absolute Gasteiger partial charge is 0.492 e. The highest BCUT2D eigenvalue weighted by Gasteiger charge is 2.22. The first-order valence-electron chi connectivity index (χ1n) is 8.93. The number of amides is 1. The Morgan fingerprint density at radius 3 is 2.46 bits per heavy atom. The van der Waals surface area contributed by atoms with Gasteiger partial charge in [-0.05, 0) is 48.7 Å². The summed E-state index contributed by atoms with van der Waals surface area (Å²) in [5.41, 5.74) is 2.21. The number of anilines is 1. The Morgan fingerprint density at radius 1 is 1.18 bits per heavy atom. The molecule has 28 heavy (non-hydrogen) atoms. The van der Waals surface area contributed by atoms with Gasteiger partial charge in [0, 0.05) is 5.02 Å². The van der Waals surface area contributed by atoms with Crippen LogP contribution in [0.1, 0.15) is 18.1 Å². The van der Waals surface area contributed by atoms with Crippen LogP contribution in [0.4, 0.5) is 5.69 Å². The molecule has 0 atom stereocenters. The van der Waals surface area contributed by atoms with Crippen LogP contribution in [0.5, 0.6) is 5.75 Å². The number of carbonyl (C=O) groups excluding carboxylic acids is 1. The van der Waals surface area contributed by atoms with Crippen LogP contribution in [-0.2, 0) is 21.2 Å². The zero-order valence-corrected chi connectivity index (χ0v) is 17.8. The van der Waals surface area contributed by atoms with Gasteiger partial charge in [-0.25, -0.2) is 8.42 Å². The highest BCUT2D eigenvalue weighted by atomic mass is 35.5. The van der Waals surface area contributed by atoms with E-state index in [0.717, 1.165) is 22.7 Å². The molecule has 0 bridgehead atoms. The molecule has 6 nitrogen and oxygen atoms in total. The maximum absolute atomic E-state index is 12.3. The van der Waals surface area contributed by atoms with E-state index in [4.69, 9.17) is 16.3 Å². The van der Waals surface area contributed by atoms with Gasteiger partial charge in [0.25, 0.3) is 0 Å². The fraction of sp³-hybridized carbons (Fsp3) is 0.350.